The third-order valence-electron chi connectivity index (χ3n) is 3.57. The van der Waals surface area contributed by atoms with Gasteiger partial charge in [-0.1, -0.05) is 12.1 Å². The van der Waals surface area contributed by atoms with Crippen molar-refractivity contribution in [3.63, 3.8) is 0 Å². The molecule has 0 aromatic heterocycles. The van der Waals surface area contributed by atoms with E-state index in [0.29, 0.717) is 27.5 Å². The summed E-state index contributed by atoms with van der Waals surface area (Å²) >= 11 is 1.26. The molecule has 1 heterocycles. The maximum atomic E-state index is 12.3. The van der Waals surface area contributed by atoms with Crippen LogP contribution in [0.5, 0.6) is 11.5 Å². The minimum Gasteiger partial charge on any atom is -0.454 e. The molecule has 0 fully saturated rings. The number of fused-ring (bicyclic) bond motifs is 1. The first-order valence-corrected chi connectivity index (χ1v) is 8.84. The first-order chi connectivity index (χ1) is 12.5. The third kappa shape index (κ3) is 4.23. The fraction of sp³-hybridized carbons (Fsp3) is 0.211. The van der Waals surface area contributed by atoms with Crippen LogP contribution in [0, 0.1) is 0 Å². The molecule has 0 amide bonds. The number of benzene rings is 2. The molecule has 3 rings (SSSR count). The van der Waals surface area contributed by atoms with Crippen LogP contribution in [0.4, 0.5) is 0 Å². The molecule has 0 saturated heterocycles. The van der Waals surface area contributed by atoms with Crippen molar-refractivity contribution in [3.8, 4) is 11.5 Å². The number of thioether (sulfide) groups is 1. The Kier molecular flexibility index (Phi) is 5.58. The van der Waals surface area contributed by atoms with E-state index in [1.54, 1.807) is 42.5 Å². The average molecular weight is 372 g/mol. The van der Waals surface area contributed by atoms with Crippen molar-refractivity contribution < 1.29 is 28.6 Å². The van der Waals surface area contributed by atoms with Crippen molar-refractivity contribution in [1.82, 2.24) is 0 Å². The van der Waals surface area contributed by atoms with Gasteiger partial charge in [0.1, 0.15) is 5.78 Å². The average Bonchev–Trinajstić information content (AvgIpc) is 3.12. The number of ether oxygens (including phenoxy) is 3. The molecule has 0 saturated carbocycles. The minimum atomic E-state index is -0.606. The van der Waals surface area contributed by atoms with E-state index < -0.39 is 5.97 Å². The molecule has 2 aromatic rings. The fourth-order valence-electron chi connectivity index (χ4n) is 2.30. The third-order valence-corrected chi connectivity index (χ3v) is 4.78. The van der Waals surface area contributed by atoms with Gasteiger partial charge in [-0.3, -0.25) is 9.59 Å². The Morgan fingerprint density at radius 3 is 2.65 bits per heavy atom. The van der Waals surface area contributed by atoms with Gasteiger partial charge in [0.2, 0.25) is 6.79 Å². The van der Waals surface area contributed by atoms with Gasteiger partial charge < -0.3 is 14.2 Å². The number of hydrogen-bond acceptors (Lipinski definition) is 7. The zero-order valence-electron chi connectivity index (χ0n) is 14.0. The topological polar surface area (TPSA) is 78.9 Å². The van der Waals surface area contributed by atoms with Gasteiger partial charge in [-0.15, -0.1) is 11.8 Å². The molecule has 0 bridgehead atoms. The first kappa shape index (κ1) is 18.0. The lowest BCUT2D eigenvalue weighted by Crippen LogP contribution is -2.15. The first-order valence-electron chi connectivity index (χ1n) is 7.86. The number of ketones is 2. The highest BCUT2D eigenvalue weighted by Gasteiger charge is 2.19. The van der Waals surface area contributed by atoms with E-state index in [9.17, 15) is 14.4 Å². The van der Waals surface area contributed by atoms with Crippen molar-refractivity contribution in [3.05, 3.63) is 53.6 Å². The van der Waals surface area contributed by atoms with Crippen molar-refractivity contribution in [2.75, 3.05) is 19.2 Å². The van der Waals surface area contributed by atoms with Crippen LogP contribution in [-0.4, -0.2) is 36.7 Å². The fourth-order valence-corrected chi connectivity index (χ4v) is 3.14. The monoisotopic (exact) mass is 372 g/mol. The lowest BCUT2D eigenvalue weighted by Gasteiger charge is -2.09. The number of hydrogen-bond donors (Lipinski definition) is 0. The maximum Gasteiger partial charge on any atom is 0.339 e. The summed E-state index contributed by atoms with van der Waals surface area (Å²) in [5, 5.41) is 0. The predicted molar refractivity (Wildman–Crippen MR) is 95.0 cm³/mol. The molecule has 2 aromatic carbocycles. The summed E-state index contributed by atoms with van der Waals surface area (Å²) < 4.78 is 15.6. The van der Waals surface area contributed by atoms with Crippen LogP contribution in [0.1, 0.15) is 27.6 Å². The van der Waals surface area contributed by atoms with Crippen molar-refractivity contribution in [1.29, 1.82) is 0 Å². The highest BCUT2D eigenvalue weighted by molar-refractivity contribution is 8.00. The molecule has 6 nitrogen and oxygen atoms in total. The van der Waals surface area contributed by atoms with Gasteiger partial charge in [-0.05, 0) is 37.3 Å². The number of rotatable bonds is 7. The summed E-state index contributed by atoms with van der Waals surface area (Å²) in [4.78, 5) is 36.4. The van der Waals surface area contributed by atoms with Crippen LogP contribution in [0.25, 0.3) is 0 Å². The highest BCUT2D eigenvalue weighted by Crippen LogP contribution is 2.32. The van der Waals surface area contributed by atoms with Crippen LogP contribution in [0.3, 0.4) is 0 Å². The summed E-state index contributed by atoms with van der Waals surface area (Å²) in [5.74, 6) is 0.399. The molecular weight excluding hydrogens is 356 g/mol. The van der Waals surface area contributed by atoms with Crippen LogP contribution in [-0.2, 0) is 9.53 Å². The van der Waals surface area contributed by atoms with E-state index in [2.05, 4.69) is 0 Å². The van der Waals surface area contributed by atoms with E-state index in [0.717, 1.165) is 0 Å². The molecule has 0 spiro atoms. The predicted octanol–water partition coefficient (Wildman–Crippen LogP) is 3.14. The van der Waals surface area contributed by atoms with Crippen LogP contribution in [0.2, 0.25) is 0 Å². The van der Waals surface area contributed by atoms with Gasteiger partial charge in [0.15, 0.2) is 23.9 Å². The van der Waals surface area contributed by atoms with Gasteiger partial charge in [0.25, 0.3) is 0 Å². The molecule has 26 heavy (non-hydrogen) atoms. The standard InChI is InChI=1S/C19H16O6S/c1-12(20)10-26-18-5-3-2-4-14(18)19(22)23-9-15(21)13-6-7-16-17(8-13)25-11-24-16/h2-8H,9-11H2,1H3. The van der Waals surface area contributed by atoms with E-state index in [1.165, 1.54) is 18.7 Å². The second-order valence-corrected chi connectivity index (χ2v) is 6.57. The zero-order valence-corrected chi connectivity index (χ0v) is 14.8. The van der Waals surface area contributed by atoms with Gasteiger partial charge >= 0.3 is 5.97 Å². The molecule has 0 unspecified atom stereocenters. The van der Waals surface area contributed by atoms with E-state index in [-0.39, 0.29) is 30.7 Å². The number of carbonyl (C=O) groups excluding carboxylic acids is 3. The van der Waals surface area contributed by atoms with E-state index >= 15 is 0 Å². The van der Waals surface area contributed by atoms with Gasteiger partial charge in [0, 0.05) is 10.5 Å². The van der Waals surface area contributed by atoms with E-state index in [1.807, 2.05) is 0 Å². The molecule has 0 radical (unpaired) electrons. The Labute approximate surface area is 154 Å². The molecule has 0 atom stereocenters. The lowest BCUT2D eigenvalue weighted by atomic mass is 10.1. The number of carbonyl (C=O) groups is 3. The Hall–Kier alpha value is -2.80. The van der Waals surface area contributed by atoms with Crippen molar-refractivity contribution in [2.45, 2.75) is 11.8 Å². The Morgan fingerprint density at radius 1 is 1.08 bits per heavy atom. The summed E-state index contributed by atoms with van der Waals surface area (Å²) in [5.41, 5.74) is 0.707. The summed E-state index contributed by atoms with van der Waals surface area (Å²) in [7, 11) is 0. The lowest BCUT2D eigenvalue weighted by molar-refractivity contribution is -0.114. The smallest absolute Gasteiger partial charge is 0.339 e. The van der Waals surface area contributed by atoms with Crippen molar-refractivity contribution >= 4 is 29.3 Å². The minimum absolute atomic E-state index is 0.0103. The highest BCUT2D eigenvalue weighted by atomic mass is 32.2. The molecule has 0 N–H and O–H groups in total. The van der Waals surface area contributed by atoms with Gasteiger partial charge in [-0.2, -0.15) is 0 Å². The molecule has 7 heteroatoms. The van der Waals surface area contributed by atoms with Crippen LogP contribution in [0.15, 0.2) is 47.4 Å². The van der Waals surface area contributed by atoms with Crippen LogP contribution < -0.4 is 9.47 Å². The quantitative estimate of drug-likeness (QED) is 0.420. The zero-order chi connectivity index (χ0) is 18.5. The molecular formula is C19H16O6S. The van der Waals surface area contributed by atoms with Gasteiger partial charge in [-0.25, -0.2) is 4.79 Å². The van der Waals surface area contributed by atoms with Crippen molar-refractivity contribution in [2.24, 2.45) is 0 Å². The van der Waals surface area contributed by atoms with E-state index in [4.69, 9.17) is 14.2 Å². The second-order valence-electron chi connectivity index (χ2n) is 5.55. The molecule has 1 aliphatic heterocycles. The Balaban J connectivity index is 1.63. The largest absolute Gasteiger partial charge is 0.454 e. The van der Waals surface area contributed by atoms with Gasteiger partial charge in [0.05, 0.1) is 11.3 Å². The summed E-state index contributed by atoms with van der Waals surface area (Å²) in [6.07, 6.45) is 0. The summed E-state index contributed by atoms with van der Waals surface area (Å²) in [6, 6.07) is 11.6. The Morgan fingerprint density at radius 2 is 1.85 bits per heavy atom. The molecule has 134 valence electrons. The molecule has 0 aliphatic carbocycles. The normalized spacial score (nSPS) is 11.9. The number of Topliss-reactive ketones (excluding diaryl/α,β-unsaturated/α-hetero) is 2. The van der Waals surface area contributed by atoms with Crippen LogP contribution >= 0.6 is 11.8 Å². The molecule has 1 aliphatic rings. The maximum absolute atomic E-state index is 12.3. The Bertz CT molecular complexity index is 861. The number of esters is 1. The SMILES string of the molecule is CC(=O)CSc1ccccc1C(=O)OCC(=O)c1ccc2c(c1)OCO2. The summed E-state index contributed by atoms with van der Waals surface area (Å²) in [6.45, 7) is 1.22. The second kappa shape index (κ2) is 8.05.